The summed E-state index contributed by atoms with van der Waals surface area (Å²) in [7, 11) is 0. The topological polar surface area (TPSA) is 42.0 Å². The van der Waals surface area contributed by atoms with Crippen LogP contribution in [0, 0.1) is 0 Å². The molecule has 15 heavy (non-hydrogen) atoms. The number of pyridine rings is 1. The fraction of sp³-hybridized carbons (Fsp3) is 0.400. The van der Waals surface area contributed by atoms with Crippen LogP contribution in [-0.2, 0) is 4.79 Å². The monoisotopic (exact) mass is 246 g/mol. The largest absolute Gasteiger partial charge is 0.324 e. The number of aromatic nitrogens is 1. The maximum absolute atomic E-state index is 10.9. The zero-order chi connectivity index (χ0) is 10.4. The number of nitrogens with one attached hydrogen (secondary N) is 1. The van der Waals surface area contributed by atoms with Gasteiger partial charge in [0.25, 0.3) is 0 Å². The first kappa shape index (κ1) is 14.3. The minimum atomic E-state index is -0.0589. The van der Waals surface area contributed by atoms with E-state index in [0.29, 0.717) is 0 Å². The van der Waals surface area contributed by atoms with Crippen molar-refractivity contribution in [3.8, 4) is 0 Å². The number of nitrogens with zero attached hydrogens (tertiary/aromatic N) is 1. The standard InChI is InChI=1S/C10H14N2OS.ClH/c1-3-7-14-10-9(12-8(2)13)5-4-6-11-10;/h4-6H,3,7H2,1-2H3,(H,12,13);1H. The predicted octanol–water partition coefficient (Wildman–Crippen LogP) is 2.96. The third-order valence-corrected chi connectivity index (χ3v) is 2.74. The van der Waals surface area contributed by atoms with E-state index in [1.807, 2.05) is 12.1 Å². The van der Waals surface area contributed by atoms with Gasteiger partial charge >= 0.3 is 0 Å². The Labute approximate surface area is 100 Å². The smallest absolute Gasteiger partial charge is 0.221 e. The molecule has 0 fully saturated rings. The van der Waals surface area contributed by atoms with E-state index in [9.17, 15) is 4.79 Å². The second-order valence-electron chi connectivity index (χ2n) is 2.89. The Bertz CT molecular complexity index is 320. The molecular formula is C10H15ClN2OS. The average Bonchev–Trinajstić information content (AvgIpc) is 2.16. The predicted molar refractivity (Wildman–Crippen MR) is 66.8 cm³/mol. The minimum Gasteiger partial charge on any atom is -0.324 e. The quantitative estimate of drug-likeness (QED) is 0.831. The summed E-state index contributed by atoms with van der Waals surface area (Å²) in [6.07, 6.45) is 2.84. The first-order chi connectivity index (χ1) is 6.74. The first-order valence-electron chi connectivity index (χ1n) is 4.59. The van der Waals surface area contributed by atoms with Crippen LogP contribution < -0.4 is 5.32 Å². The van der Waals surface area contributed by atoms with Crippen molar-refractivity contribution in [1.82, 2.24) is 4.98 Å². The van der Waals surface area contributed by atoms with Crippen LogP contribution in [0.5, 0.6) is 0 Å². The molecule has 0 atom stereocenters. The summed E-state index contributed by atoms with van der Waals surface area (Å²) in [5, 5.41) is 3.65. The molecule has 1 N–H and O–H groups in total. The molecule has 0 unspecified atom stereocenters. The lowest BCUT2D eigenvalue weighted by atomic mass is 10.4. The number of carbonyl (C=O) groups excluding carboxylic acids is 1. The third kappa shape index (κ3) is 5.04. The highest BCUT2D eigenvalue weighted by molar-refractivity contribution is 7.99. The van der Waals surface area contributed by atoms with E-state index < -0.39 is 0 Å². The molecule has 0 saturated carbocycles. The molecule has 0 aromatic carbocycles. The van der Waals surface area contributed by atoms with Gasteiger partial charge in [-0.15, -0.1) is 24.2 Å². The van der Waals surface area contributed by atoms with Crippen molar-refractivity contribution in [2.45, 2.75) is 25.3 Å². The Hall–Kier alpha value is -0.740. The molecule has 1 amide bonds. The van der Waals surface area contributed by atoms with Gasteiger partial charge in [0, 0.05) is 13.1 Å². The first-order valence-corrected chi connectivity index (χ1v) is 5.58. The number of thioether (sulfide) groups is 1. The lowest BCUT2D eigenvalue weighted by Gasteiger charge is -2.06. The van der Waals surface area contributed by atoms with Gasteiger partial charge < -0.3 is 5.32 Å². The van der Waals surface area contributed by atoms with Gasteiger partial charge in [0.2, 0.25) is 5.91 Å². The zero-order valence-corrected chi connectivity index (χ0v) is 10.5. The van der Waals surface area contributed by atoms with Crippen molar-refractivity contribution in [3.05, 3.63) is 18.3 Å². The van der Waals surface area contributed by atoms with Crippen molar-refractivity contribution < 1.29 is 4.79 Å². The molecule has 0 aliphatic carbocycles. The fourth-order valence-corrected chi connectivity index (χ4v) is 1.80. The molecule has 5 heteroatoms. The van der Waals surface area contributed by atoms with Crippen LogP contribution in [0.15, 0.2) is 23.4 Å². The molecule has 3 nitrogen and oxygen atoms in total. The molecule has 1 rings (SSSR count). The van der Waals surface area contributed by atoms with Gasteiger partial charge in [0.15, 0.2) is 0 Å². The molecule has 0 aliphatic rings. The van der Waals surface area contributed by atoms with Gasteiger partial charge in [0.05, 0.1) is 5.69 Å². The highest BCUT2D eigenvalue weighted by atomic mass is 35.5. The van der Waals surface area contributed by atoms with Crippen LogP contribution >= 0.6 is 24.2 Å². The Morgan fingerprint density at radius 1 is 1.60 bits per heavy atom. The maximum atomic E-state index is 10.9. The van der Waals surface area contributed by atoms with Gasteiger partial charge in [-0.05, 0) is 24.3 Å². The average molecular weight is 247 g/mol. The third-order valence-electron chi connectivity index (χ3n) is 1.52. The minimum absolute atomic E-state index is 0. The number of hydrogen-bond donors (Lipinski definition) is 1. The molecule has 0 saturated heterocycles. The highest BCUT2D eigenvalue weighted by Gasteiger charge is 2.03. The van der Waals surface area contributed by atoms with Crippen LogP contribution in [-0.4, -0.2) is 16.6 Å². The van der Waals surface area contributed by atoms with Crippen LogP contribution in [0.1, 0.15) is 20.3 Å². The molecule has 0 spiro atoms. The summed E-state index contributed by atoms with van der Waals surface area (Å²) in [4.78, 5) is 15.1. The number of amides is 1. The summed E-state index contributed by atoms with van der Waals surface area (Å²) in [5.74, 6) is 0.959. The van der Waals surface area contributed by atoms with Gasteiger partial charge in [0.1, 0.15) is 5.03 Å². The molecule has 1 heterocycles. The molecular weight excluding hydrogens is 232 g/mol. The molecule has 84 valence electrons. The van der Waals surface area contributed by atoms with Crippen molar-refractivity contribution in [1.29, 1.82) is 0 Å². The zero-order valence-electron chi connectivity index (χ0n) is 8.82. The second kappa shape index (κ2) is 7.54. The van der Waals surface area contributed by atoms with E-state index in [4.69, 9.17) is 0 Å². The van der Waals surface area contributed by atoms with Gasteiger partial charge in [-0.2, -0.15) is 0 Å². The van der Waals surface area contributed by atoms with E-state index in [-0.39, 0.29) is 18.3 Å². The van der Waals surface area contributed by atoms with Crippen molar-refractivity contribution in [2.75, 3.05) is 11.1 Å². The molecule has 0 bridgehead atoms. The molecule has 1 aromatic heterocycles. The number of hydrogen-bond acceptors (Lipinski definition) is 3. The molecule has 1 aromatic rings. The van der Waals surface area contributed by atoms with E-state index in [0.717, 1.165) is 22.9 Å². The van der Waals surface area contributed by atoms with E-state index >= 15 is 0 Å². The normalized spacial score (nSPS) is 9.20. The SMILES string of the molecule is CCCSc1ncccc1NC(C)=O.Cl. The number of rotatable bonds is 4. The van der Waals surface area contributed by atoms with Crippen LogP contribution in [0.4, 0.5) is 5.69 Å². The van der Waals surface area contributed by atoms with Gasteiger partial charge in [-0.1, -0.05) is 6.92 Å². The number of halogens is 1. The van der Waals surface area contributed by atoms with Crippen LogP contribution in [0.25, 0.3) is 0 Å². The fourth-order valence-electron chi connectivity index (χ4n) is 0.989. The Morgan fingerprint density at radius 3 is 2.93 bits per heavy atom. The maximum Gasteiger partial charge on any atom is 0.221 e. The summed E-state index contributed by atoms with van der Waals surface area (Å²) in [5.41, 5.74) is 0.804. The van der Waals surface area contributed by atoms with E-state index in [1.165, 1.54) is 6.92 Å². The summed E-state index contributed by atoms with van der Waals surface area (Å²) in [6, 6.07) is 3.69. The van der Waals surface area contributed by atoms with Crippen LogP contribution in [0.2, 0.25) is 0 Å². The summed E-state index contributed by atoms with van der Waals surface area (Å²) >= 11 is 1.66. The highest BCUT2D eigenvalue weighted by Crippen LogP contribution is 2.24. The van der Waals surface area contributed by atoms with Crippen LogP contribution in [0.3, 0.4) is 0 Å². The van der Waals surface area contributed by atoms with Gasteiger partial charge in [-0.25, -0.2) is 4.98 Å². The van der Waals surface area contributed by atoms with Crippen molar-refractivity contribution >= 4 is 35.8 Å². The van der Waals surface area contributed by atoms with Crippen molar-refractivity contribution in [2.24, 2.45) is 0 Å². The lowest BCUT2D eigenvalue weighted by Crippen LogP contribution is -2.07. The summed E-state index contributed by atoms with van der Waals surface area (Å²) < 4.78 is 0. The Morgan fingerprint density at radius 2 is 2.33 bits per heavy atom. The summed E-state index contributed by atoms with van der Waals surface area (Å²) in [6.45, 7) is 3.62. The van der Waals surface area contributed by atoms with Crippen molar-refractivity contribution in [3.63, 3.8) is 0 Å². The lowest BCUT2D eigenvalue weighted by molar-refractivity contribution is -0.114. The van der Waals surface area contributed by atoms with Gasteiger partial charge in [-0.3, -0.25) is 4.79 Å². The second-order valence-corrected chi connectivity index (χ2v) is 3.97. The van der Waals surface area contributed by atoms with E-state index in [1.54, 1.807) is 18.0 Å². The Balaban J connectivity index is 0.00000196. The Kier molecular flexibility index (Phi) is 7.17. The molecule has 0 radical (unpaired) electrons. The van der Waals surface area contributed by atoms with E-state index in [2.05, 4.69) is 17.2 Å². The number of carbonyl (C=O) groups is 1. The number of anilines is 1. The molecule has 0 aliphatic heterocycles.